The average Bonchev–Trinajstić information content (AvgIpc) is 2.50. The van der Waals surface area contributed by atoms with Crippen LogP contribution in [0.4, 0.5) is 0 Å². The number of fused-ring (bicyclic) bond motifs is 1. The molecule has 0 N–H and O–H groups in total. The van der Waals surface area contributed by atoms with Crippen LogP contribution >= 0.6 is 11.8 Å². The normalized spacial score (nSPS) is 36.7. The molecule has 0 saturated heterocycles. The van der Waals surface area contributed by atoms with E-state index in [9.17, 15) is 0 Å². The van der Waals surface area contributed by atoms with E-state index in [0.29, 0.717) is 0 Å². The lowest BCUT2D eigenvalue weighted by molar-refractivity contribution is 0.531. The SMILES string of the molecule is C1=C[C@H]2CCCCCCCC2S1. The summed E-state index contributed by atoms with van der Waals surface area (Å²) in [7, 11) is 0. The first-order valence-corrected chi connectivity index (χ1v) is 6.23. The number of hydrogen-bond acceptors (Lipinski definition) is 1. The molecular formula is C11H18S. The van der Waals surface area contributed by atoms with Crippen LogP contribution in [-0.4, -0.2) is 5.25 Å². The summed E-state index contributed by atoms with van der Waals surface area (Å²) in [5.74, 6) is 0.924. The van der Waals surface area contributed by atoms with Crippen LogP contribution in [0.2, 0.25) is 0 Å². The van der Waals surface area contributed by atoms with Gasteiger partial charge in [-0.25, -0.2) is 0 Å². The quantitative estimate of drug-likeness (QED) is 0.546. The molecule has 1 aliphatic carbocycles. The first-order chi connectivity index (χ1) is 5.97. The van der Waals surface area contributed by atoms with Gasteiger partial charge in [0.2, 0.25) is 0 Å². The minimum atomic E-state index is 0.924. The third-order valence-electron chi connectivity index (χ3n) is 3.08. The smallest absolute Gasteiger partial charge is 0.0151 e. The van der Waals surface area contributed by atoms with Crippen LogP contribution in [0, 0.1) is 5.92 Å². The summed E-state index contributed by atoms with van der Waals surface area (Å²) < 4.78 is 0. The highest BCUT2D eigenvalue weighted by Crippen LogP contribution is 2.37. The third kappa shape index (κ3) is 2.07. The van der Waals surface area contributed by atoms with E-state index in [-0.39, 0.29) is 0 Å². The molecule has 1 aliphatic heterocycles. The van der Waals surface area contributed by atoms with Crippen LogP contribution < -0.4 is 0 Å². The molecule has 1 unspecified atom stereocenters. The topological polar surface area (TPSA) is 0 Å². The van der Waals surface area contributed by atoms with Gasteiger partial charge in [0.1, 0.15) is 0 Å². The standard InChI is InChI=1S/C11H18S/c1-2-4-6-10-8-9-12-11(10)7-5-3-1/h8-11H,1-7H2/t10-,11?/m1/s1. The maximum absolute atomic E-state index is 2.45. The zero-order valence-corrected chi connectivity index (χ0v) is 8.48. The largest absolute Gasteiger partial charge is 0.130 e. The van der Waals surface area contributed by atoms with E-state index in [1.165, 1.54) is 44.9 Å². The molecule has 1 saturated carbocycles. The molecule has 0 spiro atoms. The van der Waals surface area contributed by atoms with Crippen molar-refractivity contribution in [3.63, 3.8) is 0 Å². The molecule has 2 atom stereocenters. The molecule has 0 amide bonds. The summed E-state index contributed by atoms with van der Waals surface area (Å²) in [4.78, 5) is 0. The van der Waals surface area contributed by atoms with Crippen LogP contribution in [0.15, 0.2) is 11.5 Å². The van der Waals surface area contributed by atoms with E-state index in [1.807, 2.05) is 0 Å². The van der Waals surface area contributed by atoms with Gasteiger partial charge in [-0.3, -0.25) is 0 Å². The lowest BCUT2D eigenvalue weighted by Crippen LogP contribution is -2.10. The second kappa shape index (κ2) is 4.36. The van der Waals surface area contributed by atoms with Gasteiger partial charge in [0.15, 0.2) is 0 Å². The Morgan fingerprint density at radius 1 is 0.917 bits per heavy atom. The van der Waals surface area contributed by atoms with Crippen molar-refractivity contribution in [1.82, 2.24) is 0 Å². The van der Waals surface area contributed by atoms with E-state index in [4.69, 9.17) is 0 Å². The van der Waals surface area contributed by atoms with Crippen LogP contribution in [0.25, 0.3) is 0 Å². The third-order valence-corrected chi connectivity index (χ3v) is 4.33. The molecule has 2 aliphatic rings. The summed E-state index contributed by atoms with van der Waals surface area (Å²) >= 11 is 2.08. The van der Waals surface area contributed by atoms with Crippen molar-refractivity contribution in [3.05, 3.63) is 11.5 Å². The monoisotopic (exact) mass is 182 g/mol. The van der Waals surface area contributed by atoms with Crippen molar-refractivity contribution in [2.75, 3.05) is 0 Å². The van der Waals surface area contributed by atoms with Gasteiger partial charge in [-0.2, -0.15) is 0 Å². The van der Waals surface area contributed by atoms with Crippen molar-refractivity contribution in [2.24, 2.45) is 5.92 Å². The van der Waals surface area contributed by atoms with E-state index >= 15 is 0 Å². The van der Waals surface area contributed by atoms with Crippen molar-refractivity contribution >= 4 is 11.8 Å². The fourth-order valence-electron chi connectivity index (χ4n) is 2.29. The summed E-state index contributed by atoms with van der Waals surface area (Å²) in [5.41, 5.74) is 0. The predicted molar refractivity (Wildman–Crippen MR) is 56.3 cm³/mol. The Hall–Kier alpha value is 0.0900. The molecule has 12 heavy (non-hydrogen) atoms. The molecule has 0 aromatic heterocycles. The maximum atomic E-state index is 2.45. The van der Waals surface area contributed by atoms with Crippen LogP contribution in [0.3, 0.4) is 0 Å². The van der Waals surface area contributed by atoms with Crippen LogP contribution in [0.1, 0.15) is 44.9 Å². The first-order valence-electron chi connectivity index (χ1n) is 5.29. The number of allylic oxidation sites excluding steroid dienone is 1. The van der Waals surface area contributed by atoms with Gasteiger partial charge in [-0.1, -0.05) is 38.2 Å². The van der Waals surface area contributed by atoms with Gasteiger partial charge in [0, 0.05) is 5.25 Å². The molecule has 0 aromatic rings. The molecule has 0 bridgehead atoms. The molecule has 1 heteroatoms. The lowest BCUT2D eigenvalue weighted by atomic mass is 9.97. The van der Waals surface area contributed by atoms with Gasteiger partial charge in [-0.05, 0) is 24.2 Å². The maximum Gasteiger partial charge on any atom is 0.0151 e. The lowest BCUT2D eigenvalue weighted by Gasteiger charge is -2.16. The second-order valence-corrected chi connectivity index (χ2v) is 5.16. The van der Waals surface area contributed by atoms with Gasteiger partial charge in [-0.15, -0.1) is 11.8 Å². The van der Waals surface area contributed by atoms with E-state index in [2.05, 4.69) is 23.2 Å². The fraction of sp³-hybridized carbons (Fsp3) is 0.818. The van der Waals surface area contributed by atoms with Crippen molar-refractivity contribution in [3.8, 4) is 0 Å². The molecule has 2 rings (SSSR count). The fourth-order valence-corrected chi connectivity index (χ4v) is 3.52. The van der Waals surface area contributed by atoms with Crippen molar-refractivity contribution in [1.29, 1.82) is 0 Å². The summed E-state index contributed by atoms with van der Waals surface area (Å²) in [6, 6.07) is 0. The van der Waals surface area contributed by atoms with Gasteiger partial charge in [0.05, 0.1) is 0 Å². The molecule has 0 radical (unpaired) electrons. The summed E-state index contributed by atoms with van der Waals surface area (Å²) in [5, 5.41) is 3.28. The van der Waals surface area contributed by atoms with Crippen LogP contribution in [-0.2, 0) is 0 Å². The Balaban J connectivity index is 1.90. The molecule has 0 nitrogen and oxygen atoms in total. The molecule has 68 valence electrons. The zero-order valence-electron chi connectivity index (χ0n) is 7.67. The average molecular weight is 182 g/mol. The predicted octanol–water partition coefficient (Wildman–Crippen LogP) is 3.98. The number of rotatable bonds is 0. The Morgan fingerprint density at radius 2 is 1.67 bits per heavy atom. The highest BCUT2D eigenvalue weighted by molar-refractivity contribution is 8.03. The first kappa shape index (κ1) is 8.68. The second-order valence-electron chi connectivity index (χ2n) is 4.01. The summed E-state index contributed by atoms with van der Waals surface area (Å²) in [6.45, 7) is 0. The highest BCUT2D eigenvalue weighted by atomic mass is 32.2. The highest BCUT2D eigenvalue weighted by Gasteiger charge is 2.23. The summed E-state index contributed by atoms with van der Waals surface area (Å²) in [6.07, 6.45) is 12.7. The molecule has 1 heterocycles. The Morgan fingerprint density at radius 3 is 2.58 bits per heavy atom. The minimum Gasteiger partial charge on any atom is -0.130 e. The molecule has 1 fully saturated rings. The van der Waals surface area contributed by atoms with Crippen LogP contribution in [0.5, 0.6) is 0 Å². The van der Waals surface area contributed by atoms with Crippen molar-refractivity contribution < 1.29 is 0 Å². The van der Waals surface area contributed by atoms with Gasteiger partial charge < -0.3 is 0 Å². The Labute approximate surface area is 79.8 Å². The number of thioether (sulfide) groups is 1. The van der Waals surface area contributed by atoms with Gasteiger partial charge >= 0.3 is 0 Å². The Kier molecular flexibility index (Phi) is 3.15. The molecular weight excluding hydrogens is 164 g/mol. The van der Waals surface area contributed by atoms with E-state index in [1.54, 1.807) is 0 Å². The van der Waals surface area contributed by atoms with Crippen molar-refractivity contribution in [2.45, 2.75) is 50.2 Å². The van der Waals surface area contributed by atoms with Gasteiger partial charge in [0.25, 0.3) is 0 Å². The molecule has 0 aromatic carbocycles. The van der Waals surface area contributed by atoms with E-state index < -0.39 is 0 Å². The Bertz CT molecular complexity index is 162. The minimum absolute atomic E-state index is 0.924. The van der Waals surface area contributed by atoms with E-state index in [0.717, 1.165) is 11.2 Å². The zero-order chi connectivity index (χ0) is 8.23. The number of hydrogen-bond donors (Lipinski definition) is 0.